The van der Waals surface area contributed by atoms with Crippen LogP contribution >= 0.6 is 69.1 Å². The van der Waals surface area contributed by atoms with Crippen LogP contribution in [-0.4, -0.2) is 47.5 Å². The predicted octanol–water partition coefficient (Wildman–Crippen LogP) is 12.1. The van der Waals surface area contributed by atoms with E-state index in [4.69, 9.17) is 60.6 Å². The maximum absolute atomic E-state index is 12.5. The quantitative estimate of drug-likeness (QED) is 0.0765. The van der Waals surface area contributed by atoms with Gasteiger partial charge in [-0.05, 0) is 75.2 Å². The summed E-state index contributed by atoms with van der Waals surface area (Å²) >= 11 is 27.1. The number of pyridine rings is 2. The summed E-state index contributed by atoms with van der Waals surface area (Å²) in [6, 6.07) is 10.5. The average molecular weight is 817 g/mol. The number of hydrogen-bond acceptors (Lipinski definition) is 10. The van der Waals surface area contributed by atoms with Gasteiger partial charge in [-0.25, -0.2) is 9.59 Å². The zero-order valence-corrected chi connectivity index (χ0v) is 32.9. The van der Waals surface area contributed by atoms with Gasteiger partial charge in [0.2, 0.25) is 0 Å². The summed E-state index contributed by atoms with van der Waals surface area (Å²) in [5, 5.41) is 3.43. The van der Waals surface area contributed by atoms with Crippen LogP contribution in [0.25, 0.3) is 48.2 Å². The number of ketones is 1. The van der Waals surface area contributed by atoms with Gasteiger partial charge in [0.25, 0.3) is 0 Å². The Hall–Kier alpha value is -4.03. The smallest absolute Gasteiger partial charge is 0.349 e. The number of rotatable bonds is 10. The molecule has 0 atom stereocenters. The van der Waals surface area contributed by atoms with Gasteiger partial charge in [0.05, 0.1) is 30.9 Å². The first-order chi connectivity index (χ1) is 24.9. The van der Waals surface area contributed by atoms with Crippen LogP contribution in [0.4, 0.5) is 0 Å². The molecule has 0 spiro atoms. The van der Waals surface area contributed by atoms with Crippen molar-refractivity contribution in [1.82, 2.24) is 9.97 Å². The minimum absolute atomic E-state index is 0.211. The lowest BCUT2D eigenvalue weighted by atomic mass is 10.0. The second-order valence-corrected chi connectivity index (χ2v) is 14.7. The van der Waals surface area contributed by atoms with Crippen LogP contribution in [0.2, 0.25) is 20.1 Å². The largest absolute Gasteiger partial charge is 0.494 e. The highest BCUT2D eigenvalue weighted by atomic mass is 35.5. The molecule has 0 aliphatic carbocycles. The number of fused-ring (bicyclic) bond motifs is 2. The van der Waals surface area contributed by atoms with E-state index in [-0.39, 0.29) is 23.9 Å². The van der Waals surface area contributed by atoms with Gasteiger partial charge < -0.3 is 14.2 Å². The fraction of sp³-hybridized carbons (Fsp3) is 0.184. The fourth-order valence-corrected chi connectivity index (χ4v) is 8.92. The molecule has 0 unspecified atom stereocenters. The van der Waals surface area contributed by atoms with E-state index >= 15 is 0 Å². The van der Waals surface area contributed by atoms with Crippen molar-refractivity contribution >= 4 is 113 Å². The summed E-state index contributed by atoms with van der Waals surface area (Å²) in [5.74, 6) is -0.721. The highest BCUT2D eigenvalue weighted by Gasteiger charge is 2.26. The van der Waals surface area contributed by atoms with Crippen molar-refractivity contribution < 1.29 is 28.6 Å². The molecule has 0 bridgehead atoms. The third-order valence-electron chi connectivity index (χ3n) is 7.41. The number of Topliss-reactive ketones (excluding diaryl/α,β-unsaturated/α-hetero) is 1. The average Bonchev–Trinajstić information content (AvgIpc) is 3.68. The Morgan fingerprint density at radius 3 is 1.38 bits per heavy atom. The van der Waals surface area contributed by atoms with Crippen molar-refractivity contribution in [3.05, 3.63) is 109 Å². The van der Waals surface area contributed by atoms with Gasteiger partial charge in [0, 0.05) is 76.2 Å². The van der Waals surface area contributed by atoms with Gasteiger partial charge in [0.15, 0.2) is 5.78 Å². The standard InChI is InChI=1S/C20H17Cl2NO3S.C18H13Cl2NO3S/c1-4-25-11(3)17-16-10-23-9-15(12-6-13(21)8-14(22)7-12)18(16)27-19(17)20(24)26-5-2;1-3-24-18(23)17-15(9(2)22)14-8-21-7-13(16(14)25-17)10-4-11(19)6-12(20)5-10/h6-10H,3-5H2,1-2H3;4-8H,3H2,1-2H3. The molecule has 8 nitrogen and oxygen atoms in total. The number of thiophene rings is 2. The topological polar surface area (TPSA) is 105 Å². The van der Waals surface area contributed by atoms with Crippen molar-refractivity contribution in [3.8, 4) is 22.3 Å². The Morgan fingerprint density at radius 1 is 0.615 bits per heavy atom. The maximum atomic E-state index is 12.5. The molecule has 6 aromatic rings. The zero-order valence-electron chi connectivity index (χ0n) is 28.3. The highest BCUT2D eigenvalue weighted by Crippen LogP contribution is 2.42. The van der Waals surface area contributed by atoms with Gasteiger partial charge in [-0.1, -0.05) is 53.0 Å². The molecule has 52 heavy (non-hydrogen) atoms. The van der Waals surface area contributed by atoms with Crippen LogP contribution in [0.1, 0.15) is 63.0 Å². The Balaban J connectivity index is 0.000000202. The Kier molecular flexibility index (Phi) is 13.0. The molecule has 4 heterocycles. The third kappa shape index (κ3) is 8.44. The molecule has 0 amide bonds. The van der Waals surface area contributed by atoms with Gasteiger partial charge in [0.1, 0.15) is 15.5 Å². The van der Waals surface area contributed by atoms with Crippen molar-refractivity contribution in [2.75, 3.05) is 19.8 Å². The Bertz CT molecular complexity index is 2310. The number of nitrogens with zero attached hydrogens (tertiary/aromatic N) is 2. The number of ether oxygens (including phenoxy) is 3. The molecular weight excluding hydrogens is 786 g/mol. The predicted molar refractivity (Wildman–Crippen MR) is 213 cm³/mol. The van der Waals surface area contributed by atoms with E-state index in [0.717, 1.165) is 37.0 Å². The van der Waals surface area contributed by atoms with Crippen molar-refractivity contribution in [2.24, 2.45) is 0 Å². The molecule has 0 fully saturated rings. The summed E-state index contributed by atoms with van der Waals surface area (Å²) in [7, 11) is 0. The number of carbonyl (C=O) groups is 3. The van der Waals surface area contributed by atoms with Gasteiger partial charge in [-0.3, -0.25) is 14.8 Å². The monoisotopic (exact) mass is 814 g/mol. The molecule has 0 N–H and O–H groups in total. The highest BCUT2D eigenvalue weighted by molar-refractivity contribution is 7.22. The van der Waals surface area contributed by atoms with Crippen molar-refractivity contribution in [3.63, 3.8) is 0 Å². The van der Waals surface area contributed by atoms with Crippen LogP contribution in [-0.2, 0) is 14.2 Å². The van der Waals surface area contributed by atoms with Gasteiger partial charge in [-0.15, -0.1) is 22.7 Å². The molecule has 0 saturated carbocycles. The number of esters is 2. The fourth-order valence-electron chi connectivity index (χ4n) is 5.41. The molecule has 0 aliphatic rings. The molecule has 14 heteroatoms. The normalized spacial score (nSPS) is 10.8. The lowest BCUT2D eigenvalue weighted by Gasteiger charge is -2.09. The van der Waals surface area contributed by atoms with Gasteiger partial charge in [-0.2, -0.15) is 0 Å². The van der Waals surface area contributed by atoms with E-state index in [0.29, 0.717) is 53.8 Å². The third-order valence-corrected chi connectivity index (χ3v) is 10.7. The number of carbonyl (C=O) groups excluding carboxylic acids is 3. The molecule has 0 aliphatic heterocycles. The van der Waals surface area contributed by atoms with E-state index < -0.39 is 11.9 Å². The van der Waals surface area contributed by atoms with Crippen LogP contribution in [0.15, 0.2) is 67.8 Å². The SMILES string of the molecule is C=C(OCC)c1c(C(=O)OCC)sc2c(-c3cc(Cl)cc(Cl)c3)cncc12.CCOC(=O)c1sc2c(-c3cc(Cl)cc(Cl)c3)cncc2c1C(C)=O. The van der Waals surface area contributed by atoms with E-state index in [1.807, 2.05) is 19.1 Å². The second kappa shape index (κ2) is 17.2. The lowest BCUT2D eigenvalue weighted by Crippen LogP contribution is -2.07. The van der Waals surface area contributed by atoms with Crippen LogP contribution in [0.5, 0.6) is 0 Å². The summed E-state index contributed by atoms with van der Waals surface area (Å²) in [4.78, 5) is 46.2. The first-order valence-corrected chi connectivity index (χ1v) is 18.9. The maximum Gasteiger partial charge on any atom is 0.349 e. The molecule has 4 aromatic heterocycles. The van der Waals surface area contributed by atoms with E-state index in [1.54, 1.807) is 62.9 Å². The van der Waals surface area contributed by atoms with E-state index in [2.05, 4.69) is 16.5 Å². The summed E-state index contributed by atoms with van der Waals surface area (Å²) in [6.45, 7) is 11.7. The van der Waals surface area contributed by atoms with E-state index in [9.17, 15) is 14.4 Å². The van der Waals surface area contributed by atoms with Gasteiger partial charge >= 0.3 is 11.9 Å². The minimum atomic E-state index is -0.510. The molecular formula is C38H30Cl4N2O6S2. The minimum Gasteiger partial charge on any atom is -0.494 e. The van der Waals surface area contributed by atoms with Crippen molar-refractivity contribution in [1.29, 1.82) is 0 Å². The number of hydrogen-bond donors (Lipinski definition) is 0. The zero-order chi connectivity index (χ0) is 37.7. The molecule has 6 rings (SSSR count). The summed E-state index contributed by atoms with van der Waals surface area (Å²) < 4.78 is 17.5. The van der Waals surface area contributed by atoms with Crippen LogP contribution in [0, 0.1) is 0 Å². The van der Waals surface area contributed by atoms with Crippen LogP contribution < -0.4 is 0 Å². The molecule has 0 saturated heterocycles. The first-order valence-electron chi connectivity index (χ1n) is 15.8. The number of halogens is 4. The first kappa shape index (κ1) is 39.2. The lowest BCUT2D eigenvalue weighted by molar-refractivity contribution is 0.0521. The molecule has 268 valence electrons. The van der Waals surface area contributed by atoms with E-state index in [1.165, 1.54) is 29.6 Å². The number of benzene rings is 2. The van der Waals surface area contributed by atoms with Crippen LogP contribution in [0.3, 0.4) is 0 Å². The summed E-state index contributed by atoms with van der Waals surface area (Å²) in [5.41, 5.74) is 4.10. The molecule has 0 radical (unpaired) electrons. The second-order valence-electron chi connectivity index (χ2n) is 10.9. The summed E-state index contributed by atoms with van der Waals surface area (Å²) in [6.07, 6.45) is 6.67. The Labute approximate surface area is 327 Å². The number of aromatic nitrogens is 2. The molecule has 2 aromatic carbocycles. The van der Waals surface area contributed by atoms with Crippen molar-refractivity contribution in [2.45, 2.75) is 27.7 Å². The Morgan fingerprint density at radius 2 is 1.00 bits per heavy atom.